The number of aliphatic imine (C=N–C) groups is 1. The summed E-state index contributed by atoms with van der Waals surface area (Å²) >= 11 is 0. The lowest BCUT2D eigenvalue weighted by Gasteiger charge is -2.23. The van der Waals surface area contributed by atoms with Gasteiger partial charge in [0.05, 0.1) is 25.0 Å². The third kappa shape index (κ3) is 4.74. The highest BCUT2D eigenvalue weighted by atomic mass is 16.5. The first-order chi connectivity index (χ1) is 11.7. The number of ether oxygens (including phenoxy) is 1. The summed E-state index contributed by atoms with van der Waals surface area (Å²) in [6.45, 7) is 6.02. The van der Waals surface area contributed by atoms with Gasteiger partial charge < -0.3 is 24.5 Å². The van der Waals surface area contributed by atoms with Crippen molar-refractivity contribution in [3.63, 3.8) is 0 Å². The van der Waals surface area contributed by atoms with Crippen molar-refractivity contribution in [2.45, 2.75) is 44.8 Å². The van der Waals surface area contributed by atoms with Gasteiger partial charge in [0.15, 0.2) is 5.96 Å². The van der Waals surface area contributed by atoms with Gasteiger partial charge in [-0.3, -0.25) is 4.99 Å². The zero-order valence-electron chi connectivity index (χ0n) is 14.5. The lowest BCUT2D eigenvalue weighted by molar-refractivity contribution is 0.117. The third-order valence-corrected chi connectivity index (χ3v) is 4.91. The summed E-state index contributed by atoms with van der Waals surface area (Å²) in [6.07, 6.45) is 5.76. The van der Waals surface area contributed by atoms with Gasteiger partial charge in [-0.05, 0) is 38.3 Å². The van der Waals surface area contributed by atoms with Crippen molar-refractivity contribution in [3.8, 4) is 0 Å². The topological polar surface area (TPSA) is 70.2 Å². The van der Waals surface area contributed by atoms with Gasteiger partial charge in [-0.25, -0.2) is 0 Å². The van der Waals surface area contributed by atoms with Crippen molar-refractivity contribution in [1.29, 1.82) is 0 Å². The highest BCUT2D eigenvalue weighted by molar-refractivity contribution is 5.80. The Balaban J connectivity index is 1.56. The minimum Gasteiger partial charge on any atom is -0.469 e. The summed E-state index contributed by atoms with van der Waals surface area (Å²) in [7, 11) is 0. The van der Waals surface area contributed by atoms with E-state index >= 15 is 0 Å². The number of likely N-dealkylation sites (tertiary alicyclic amines) is 1. The summed E-state index contributed by atoms with van der Waals surface area (Å²) in [6, 6.07) is 3.90. The molecule has 2 aliphatic heterocycles. The molecule has 0 saturated carbocycles. The number of aliphatic hydroxyl groups is 1. The fourth-order valence-corrected chi connectivity index (χ4v) is 3.37. The summed E-state index contributed by atoms with van der Waals surface area (Å²) < 4.78 is 11.1. The van der Waals surface area contributed by atoms with E-state index in [0.717, 1.165) is 63.6 Å². The number of guanidine groups is 1. The predicted octanol–water partition coefficient (Wildman–Crippen LogP) is 1.65. The number of rotatable bonds is 6. The molecule has 3 rings (SSSR count). The molecule has 3 heterocycles. The Hall–Kier alpha value is -1.53. The Bertz CT molecular complexity index is 510. The van der Waals surface area contributed by atoms with E-state index in [0.29, 0.717) is 12.5 Å². The molecule has 2 aliphatic rings. The number of hydrogen-bond donors (Lipinski definition) is 2. The molecule has 0 aromatic carbocycles. The second-order valence-corrected chi connectivity index (χ2v) is 6.79. The molecule has 0 spiro atoms. The molecule has 1 aromatic heterocycles. The molecule has 24 heavy (non-hydrogen) atoms. The predicted molar refractivity (Wildman–Crippen MR) is 93.1 cm³/mol. The number of nitrogens with one attached hydrogen (secondary N) is 1. The van der Waals surface area contributed by atoms with E-state index < -0.39 is 0 Å². The second kappa shape index (κ2) is 8.53. The van der Waals surface area contributed by atoms with E-state index in [1.165, 1.54) is 0 Å². The smallest absolute Gasteiger partial charge is 0.194 e. The van der Waals surface area contributed by atoms with Gasteiger partial charge in [0, 0.05) is 38.6 Å². The Labute approximate surface area is 143 Å². The van der Waals surface area contributed by atoms with Crippen molar-refractivity contribution in [2.75, 3.05) is 32.8 Å². The maximum Gasteiger partial charge on any atom is 0.194 e. The quantitative estimate of drug-likeness (QED) is 0.611. The molecule has 2 saturated heterocycles. The van der Waals surface area contributed by atoms with Crippen LogP contribution >= 0.6 is 0 Å². The van der Waals surface area contributed by atoms with Crippen LogP contribution in [0.4, 0.5) is 0 Å². The average molecular weight is 335 g/mol. The van der Waals surface area contributed by atoms with Gasteiger partial charge in [0.25, 0.3) is 0 Å². The largest absolute Gasteiger partial charge is 0.469 e. The Morgan fingerprint density at radius 1 is 1.50 bits per heavy atom. The molecular weight excluding hydrogens is 306 g/mol. The zero-order valence-corrected chi connectivity index (χ0v) is 14.5. The van der Waals surface area contributed by atoms with Gasteiger partial charge in [-0.15, -0.1) is 0 Å². The van der Waals surface area contributed by atoms with E-state index in [1.807, 2.05) is 19.1 Å². The van der Waals surface area contributed by atoms with Crippen molar-refractivity contribution in [1.82, 2.24) is 10.2 Å². The summed E-state index contributed by atoms with van der Waals surface area (Å²) in [5.74, 6) is 2.23. The van der Waals surface area contributed by atoms with E-state index in [1.54, 1.807) is 6.26 Å². The summed E-state index contributed by atoms with van der Waals surface area (Å²) in [5.41, 5.74) is 0. The van der Waals surface area contributed by atoms with Crippen LogP contribution in [-0.2, 0) is 11.2 Å². The minimum absolute atomic E-state index is 0.252. The molecule has 1 aromatic rings. The molecule has 6 nitrogen and oxygen atoms in total. The van der Waals surface area contributed by atoms with Crippen molar-refractivity contribution >= 4 is 5.96 Å². The maximum atomic E-state index is 9.84. The molecule has 6 heteroatoms. The van der Waals surface area contributed by atoms with Crippen LogP contribution in [-0.4, -0.2) is 61.0 Å². The number of aliphatic hydroxyl groups excluding tert-OH is 1. The van der Waals surface area contributed by atoms with Gasteiger partial charge in [0.2, 0.25) is 0 Å². The van der Waals surface area contributed by atoms with Crippen LogP contribution in [0.3, 0.4) is 0 Å². The fourth-order valence-electron chi connectivity index (χ4n) is 3.37. The van der Waals surface area contributed by atoms with Crippen LogP contribution in [0.5, 0.6) is 0 Å². The van der Waals surface area contributed by atoms with Crippen molar-refractivity contribution in [2.24, 2.45) is 10.9 Å². The number of nitrogens with zero attached hydrogens (tertiary/aromatic N) is 2. The van der Waals surface area contributed by atoms with Crippen LogP contribution in [0.1, 0.15) is 31.9 Å². The Morgan fingerprint density at radius 3 is 3.08 bits per heavy atom. The van der Waals surface area contributed by atoms with Gasteiger partial charge in [-0.2, -0.15) is 0 Å². The van der Waals surface area contributed by atoms with Gasteiger partial charge in [-0.1, -0.05) is 0 Å². The first-order valence-electron chi connectivity index (χ1n) is 9.07. The van der Waals surface area contributed by atoms with Crippen LogP contribution in [0.2, 0.25) is 0 Å². The summed E-state index contributed by atoms with van der Waals surface area (Å²) in [5, 5.41) is 13.3. The van der Waals surface area contributed by atoms with E-state index in [2.05, 4.69) is 10.2 Å². The number of furan rings is 1. The van der Waals surface area contributed by atoms with Crippen molar-refractivity contribution in [3.05, 3.63) is 24.2 Å². The molecule has 3 atom stereocenters. The monoisotopic (exact) mass is 335 g/mol. The lowest BCUT2D eigenvalue weighted by atomic mass is 10.0. The molecule has 0 radical (unpaired) electrons. The molecule has 0 bridgehead atoms. The Kier molecular flexibility index (Phi) is 6.15. The van der Waals surface area contributed by atoms with E-state index in [-0.39, 0.29) is 12.2 Å². The van der Waals surface area contributed by atoms with Crippen LogP contribution in [0.25, 0.3) is 0 Å². The van der Waals surface area contributed by atoms with Crippen molar-refractivity contribution < 1.29 is 14.3 Å². The molecular formula is C18H29N3O3. The standard InChI is InChI=1S/C18H29N3O3/c1-14(22)15-7-9-21(13-15)18(20-12-17-5-3-11-24-17)19-8-6-16-4-2-10-23-16/h2,4,10,14-15,17,22H,3,5-9,11-13H2,1H3,(H,19,20). The first-order valence-corrected chi connectivity index (χ1v) is 9.07. The number of hydrogen-bond acceptors (Lipinski definition) is 4. The van der Waals surface area contributed by atoms with Gasteiger partial charge in [0.1, 0.15) is 5.76 Å². The fraction of sp³-hybridized carbons (Fsp3) is 0.722. The van der Waals surface area contributed by atoms with E-state index in [4.69, 9.17) is 14.1 Å². The van der Waals surface area contributed by atoms with Crippen LogP contribution in [0, 0.1) is 5.92 Å². The molecule has 2 fully saturated rings. The first kappa shape index (κ1) is 17.3. The van der Waals surface area contributed by atoms with E-state index in [9.17, 15) is 5.11 Å². The Morgan fingerprint density at radius 2 is 2.42 bits per heavy atom. The molecule has 0 aliphatic carbocycles. The lowest BCUT2D eigenvalue weighted by Crippen LogP contribution is -2.42. The van der Waals surface area contributed by atoms with Crippen LogP contribution in [0.15, 0.2) is 27.8 Å². The van der Waals surface area contributed by atoms with Crippen LogP contribution < -0.4 is 5.32 Å². The second-order valence-electron chi connectivity index (χ2n) is 6.79. The van der Waals surface area contributed by atoms with Gasteiger partial charge >= 0.3 is 0 Å². The molecule has 3 unspecified atom stereocenters. The summed E-state index contributed by atoms with van der Waals surface area (Å²) in [4.78, 5) is 7.05. The zero-order chi connectivity index (χ0) is 16.8. The highest BCUT2D eigenvalue weighted by Gasteiger charge is 2.28. The SMILES string of the molecule is CC(O)C1CCN(C(=NCC2CCCO2)NCCc2ccco2)C1. The molecule has 0 amide bonds. The highest BCUT2D eigenvalue weighted by Crippen LogP contribution is 2.20. The maximum absolute atomic E-state index is 9.84. The normalized spacial score (nSPS) is 26.1. The average Bonchev–Trinajstić information content (AvgIpc) is 3.33. The molecule has 134 valence electrons. The third-order valence-electron chi connectivity index (χ3n) is 4.91. The minimum atomic E-state index is -0.266. The molecule has 2 N–H and O–H groups in total.